The quantitative estimate of drug-likeness (QED) is 0.504. The van der Waals surface area contributed by atoms with Crippen LogP contribution in [0.5, 0.6) is 0 Å². The molecule has 0 aromatic heterocycles. The normalized spacial score (nSPS) is 20.2. The topological polar surface area (TPSA) is 109 Å². The van der Waals surface area contributed by atoms with Crippen molar-refractivity contribution < 1.29 is 14.3 Å². The zero-order chi connectivity index (χ0) is 14.6. The van der Waals surface area contributed by atoms with Crippen LogP contribution in [0.25, 0.3) is 0 Å². The highest BCUT2D eigenvalue weighted by molar-refractivity contribution is 5.92. The number of amides is 2. The summed E-state index contributed by atoms with van der Waals surface area (Å²) in [4.78, 5) is 25.3. The van der Waals surface area contributed by atoms with Crippen LogP contribution in [0.3, 0.4) is 0 Å². The molecule has 0 spiro atoms. The number of hydrogen-bond acceptors (Lipinski definition) is 4. The van der Waals surface area contributed by atoms with Crippen LogP contribution in [-0.4, -0.2) is 48.5 Å². The van der Waals surface area contributed by atoms with Gasteiger partial charge in [0.25, 0.3) is 0 Å². The first-order valence-electron chi connectivity index (χ1n) is 6.37. The van der Waals surface area contributed by atoms with Gasteiger partial charge in [-0.25, -0.2) is 4.79 Å². The summed E-state index contributed by atoms with van der Waals surface area (Å²) in [7, 11) is 1.26. The monoisotopic (exact) mass is 270 g/mol. The number of alkyl carbamates (subject to hydrolysis) is 1. The lowest BCUT2D eigenvalue weighted by atomic mass is 10.0. The molecule has 19 heavy (non-hydrogen) atoms. The lowest BCUT2D eigenvalue weighted by Crippen LogP contribution is -2.54. The minimum Gasteiger partial charge on any atom is -0.453 e. The molecule has 2 unspecified atom stereocenters. The van der Waals surface area contributed by atoms with Gasteiger partial charge in [-0.15, -0.1) is 0 Å². The average molecular weight is 270 g/mol. The van der Waals surface area contributed by atoms with E-state index < -0.39 is 12.1 Å². The highest BCUT2D eigenvalue weighted by Crippen LogP contribution is 2.20. The van der Waals surface area contributed by atoms with E-state index in [1.54, 1.807) is 4.90 Å². The number of ether oxygens (including phenoxy) is 1. The van der Waals surface area contributed by atoms with Gasteiger partial charge in [-0.05, 0) is 18.8 Å². The standard InChI is InChI=1S/C12H22N4O3/c1-7(2)9(15-12(18)19-3)11(17)16-6-4-5-8(16)10(13)14/h7-9H,4-6H2,1-3H3,(H3,13,14)(H,15,18). The molecule has 1 aliphatic heterocycles. The van der Waals surface area contributed by atoms with Gasteiger partial charge in [0.2, 0.25) is 5.91 Å². The summed E-state index contributed by atoms with van der Waals surface area (Å²) in [6.07, 6.45) is 0.883. The van der Waals surface area contributed by atoms with Gasteiger partial charge in [0.15, 0.2) is 0 Å². The fourth-order valence-corrected chi connectivity index (χ4v) is 2.23. The highest BCUT2D eigenvalue weighted by Gasteiger charge is 2.36. The third-order valence-electron chi connectivity index (χ3n) is 3.29. The summed E-state index contributed by atoms with van der Waals surface area (Å²) < 4.78 is 4.53. The second kappa shape index (κ2) is 6.40. The summed E-state index contributed by atoms with van der Waals surface area (Å²) in [6.45, 7) is 4.25. The molecule has 0 aromatic rings. The van der Waals surface area contributed by atoms with E-state index in [1.807, 2.05) is 13.8 Å². The van der Waals surface area contributed by atoms with E-state index in [2.05, 4.69) is 10.1 Å². The summed E-state index contributed by atoms with van der Waals surface area (Å²) >= 11 is 0. The summed E-state index contributed by atoms with van der Waals surface area (Å²) in [5.41, 5.74) is 5.51. The van der Waals surface area contributed by atoms with E-state index in [1.165, 1.54) is 7.11 Å². The van der Waals surface area contributed by atoms with Gasteiger partial charge in [0.1, 0.15) is 11.9 Å². The fraction of sp³-hybridized carbons (Fsp3) is 0.750. The summed E-state index contributed by atoms with van der Waals surface area (Å²) in [6, 6.07) is -1.01. The van der Waals surface area contributed by atoms with Crippen LogP contribution in [0.1, 0.15) is 26.7 Å². The van der Waals surface area contributed by atoms with E-state index in [0.717, 1.165) is 6.42 Å². The maximum atomic E-state index is 12.5. The molecule has 0 bridgehead atoms. The van der Waals surface area contributed by atoms with Crippen LogP contribution >= 0.6 is 0 Å². The third-order valence-corrected chi connectivity index (χ3v) is 3.29. The molecule has 4 N–H and O–H groups in total. The van der Waals surface area contributed by atoms with E-state index in [0.29, 0.717) is 13.0 Å². The summed E-state index contributed by atoms with van der Waals surface area (Å²) in [5.74, 6) is -0.288. The number of nitrogens with zero attached hydrogens (tertiary/aromatic N) is 1. The molecule has 0 saturated carbocycles. The van der Waals surface area contributed by atoms with Gasteiger partial charge in [-0.2, -0.15) is 0 Å². The zero-order valence-electron chi connectivity index (χ0n) is 11.6. The third kappa shape index (κ3) is 3.59. The van der Waals surface area contributed by atoms with Gasteiger partial charge < -0.3 is 20.7 Å². The molecule has 7 nitrogen and oxygen atoms in total. The number of hydrogen-bond donors (Lipinski definition) is 3. The van der Waals surface area contributed by atoms with Gasteiger partial charge in [0.05, 0.1) is 13.2 Å². The number of rotatable bonds is 4. The predicted molar refractivity (Wildman–Crippen MR) is 70.8 cm³/mol. The summed E-state index contributed by atoms with van der Waals surface area (Å²) in [5, 5.41) is 10.1. The molecule has 108 valence electrons. The van der Waals surface area contributed by atoms with Crippen molar-refractivity contribution in [2.45, 2.75) is 38.8 Å². The van der Waals surface area contributed by atoms with E-state index >= 15 is 0 Å². The molecule has 0 aromatic carbocycles. The number of methoxy groups -OCH3 is 1. The minimum atomic E-state index is -0.660. The van der Waals surface area contributed by atoms with Crippen molar-refractivity contribution in [1.29, 1.82) is 5.41 Å². The molecule has 1 fully saturated rings. The largest absolute Gasteiger partial charge is 0.453 e. The molecule has 7 heteroatoms. The van der Waals surface area contributed by atoms with Crippen molar-refractivity contribution in [2.24, 2.45) is 11.7 Å². The molecule has 1 rings (SSSR count). The smallest absolute Gasteiger partial charge is 0.407 e. The molecule has 1 heterocycles. The maximum Gasteiger partial charge on any atom is 0.407 e. The lowest BCUT2D eigenvalue weighted by molar-refractivity contribution is -0.134. The second-order valence-corrected chi connectivity index (χ2v) is 5.00. The molecule has 0 aliphatic carbocycles. The highest BCUT2D eigenvalue weighted by atomic mass is 16.5. The Morgan fingerprint density at radius 2 is 2.11 bits per heavy atom. The van der Waals surface area contributed by atoms with Crippen LogP contribution in [0.2, 0.25) is 0 Å². The van der Waals surface area contributed by atoms with Crippen molar-refractivity contribution in [3.63, 3.8) is 0 Å². The van der Waals surface area contributed by atoms with Crippen molar-refractivity contribution in [3.05, 3.63) is 0 Å². The fourth-order valence-electron chi connectivity index (χ4n) is 2.23. The average Bonchev–Trinajstić information content (AvgIpc) is 2.83. The molecule has 1 saturated heterocycles. The van der Waals surface area contributed by atoms with Crippen LogP contribution in [0.4, 0.5) is 4.79 Å². The first-order chi connectivity index (χ1) is 8.88. The number of carbonyl (C=O) groups is 2. The van der Waals surface area contributed by atoms with Crippen molar-refractivity contribution in [2.75, 3.05) is 13.7 Å². The Morgan fingerprint density at radius 1 is 1.47 bits per heavy atom. The van der Waals surface area contributed by atoms with E-state index in [-0.39, 0.29) is 23.7 Å². The number of nitrogens with one attached hydrogen (secondary N) is 2. The van der Waals surface area contributed by atoms with E-state index in [4.69, 9.17) is 11.1 Å². The maximum absolute atomic E-state index is 12.5. The molecular formula is C12H22N4O3. The molecular weight excluding hydrogens is 248 g/mol. The molecule has 0 radical (unpaired) electrons. The van der Waals surface area contributed by atoms with Crippen LogP contribution in [0, 0.1) is 11.3 Å². The molecule has 1 aliphatic rings. The number of nitrogens with two attached hydrogens (primary N) is 1. The van der Waals surface area contributed by atoms with Gasteiger partial charge in [-0.3, -0.25) is 10.2 Å². The number of amidine groups is 1. The SMILES string of the molecule is COC(=O)NC(C(=O)N1CCCC1C(=N)N)C(C)C. The minimum absolute atomic E-state index is 0.00794. The first-order valence-corrected chi connectivity index (χ1v) is 6.37. The van der Waals surface area contributed by atoms with Crippen molar-refractivity contribution in [1.82, 2.24) is 10.2 Å². The number of likely N-dealkylation sites (tertiary alicyclic amines) is 1. The van der Waals surface area contributed by atoms with Gasteiger partial charge in [0, 0.05) is 6.54 Å². The number of carbonyl (C=O) groups excluding carboxylic acids is 2. The molecule has 2 atom stereocenters. The molecule has 2 amide bonds. The Kier molecular flexibility index (Phi) is 5.14. The van der Waals surface area contributed by atoms with Crippen molar-refractivity contribution in [3.8, 4) is 0 Å². The van der Waals surface area contributed by atoms with Gasteiger partial charge in [-0.1, -0.05) is 13.8 Å². The Morgan fingerprint density at radius 3 is 2.58 bits per heavy atom. The van der Waals surface area contributed by atoms with E-state index in [9.17, 15) is 9.59 Å². The van der Waals surface area contributed by atoms with Gasteiger partial charge >= 0.3 is 6.09 Å². The Labute approximate surface area is 113 Å². The Bertz CT molecular complexity index is 370. The zero-order valence-corrected chi connectivity index (χ0v) is 11.6. The predicted octanol–water partition coefficient (Wildman–Crippen LogP) is 0.294. The van der Waals surface area contributed by atoms with Crippen molar-refractivity contribution >= 4 is 17.8 Å². The van der Waals surface area contributed by atoms with Crippen LogP contribution in [0.15, 0.2) is 0 Å². The Hall–Kier alpha value is -1.79. The Balaban J connectivity index is 2.81. The lowest BCUT2D eigenvalue weighted by Gasteiger charge is -2.30. The van der Waals surface area contributed by atoms with Crippen LogP contribution in [-0.2, 0) is 9.53 Å². The van der Waals surface area contributed by atoms with Crippen LogP contribution < -0.4 is 11.1 Å². The first kappa shape index (κ1) is 15.3. The second-order valence-electron chi connectivity index (χ2n) is 5.00.